The van der Waals surface area contributed by atoms with Gasteiger partial charge < -0.3 is 15.2 Å². The lowest BCUT2D eigenvalue weighted by molar-refractivity contribution is -0.145. The van der Waals surface area contributed by atoms with Gasteiger partial charge in [-0.15, -0.1) is 0 Å². The fourth-order valence-corrected chi connectivity index (χ4v) is 1.38. The molecule has 2 atom stereocenters. The minimum absolute atomic E-state index is 0.0352. The van der Waals surface area contributed by atoms with Crippen molar-refractivity contribution >= 4 is 17.8 Å². The Hall–Kier alpha value is -1.59. The fourth-order valence-electron chi connectivity index (χ4n) is 1.38. The molecule has 0 heterocycles. The van der Waals surface area contributed by atoms with Crippen molar-refractivity contribution in [3.8, 4) is 0 Å². The summed E-state index contributed by atoms with van der Waals surface area (Å²) in [6, 6.07) is -0.912. The number of ether oxygens (including phenoxy) is 1. The predicted molar refractivity (Wildman–Crippen MR) is 64.9 cm³/mol. The van der Waals surface area contributed by atoms with Gasteiger partial charge in [0, 0.05) is 6.42 Å². The molecule has 0 aliphatic heterocycles. The van der Waals surface area contributed by atoms with Gasteiger partial charge in [-0.1, -0.05) is 20.3 Å². The molecule has 0 bridgehead atoms. The second-order valence-corrected chi connectivity index (χ2v) is 4.07. The number of rotatable bonds is 8. The molecule has 6 heteroatoms. The van der Waals surface area contributed by atoms with Crippen LogP contribution in [0.3, 0.4) is 0 Å². The van der Waals surface area contributed by atoms with Gasteiger partial charge in [0.2, 0.25) is 5.91 Å². The molecule has 0 spiro atoms. The molecule has 0 saturated heterocycles. The highest BCUT2D eigenvalue weighted by atomic mass is 16.5. The van der Waals surface area contributed by atoms with Crippen LogP contribution in [0.4, 0.5) is 0 Å². The van der Waals surface area contributed by atoms with Crippen molar-refractivity contribution in [1.82, 2.24) is 5.32 Å². The molecule has 104 valence electrons. The van der Waals surface area contributed by atoms with E-state index >= 15 is 0 Å². The van der Waals surface area contributed by atoms with Crippen LogP contribution in [0.15, 0.2) is 0 Å². The fraction of sp³-hybridized carbons (Fsp3) is 0.750. The molecule has 0 rings (SSSR count). The summed E-state index contributed by atoms with van der Waals surface area (Å²) >= 11 is 0. The summed E-state index contributed by atoms with van der Waals surface area (Å²) in [7, 11) is 0. The van der Waals surface area contributed by atoms with Crippen molar-refractivity contribution in [3.63, 3.8) is 0 Å². The van der Waals surface area contributed by atoms with Crippen LogP contribution in [0, 0.1) is 5.92 Å². The largest absolute Gasteiger partial charge is 0.480 e. The first-order valence-corrected chi connectivity index (χ1v) is 6.10. The van der Waals surface area contributed by atoms with Crippen LogP contribution in [0.25, 0.3) is 0 Å². The third-order valence-electron chi connectivity index (χ3n) is 2.66. The van der Waals surface area contributed by atoms with Crippen LogP contribution in [0.5, 0.6) is 0 Å². The zero-order valence-electron chi connectivity index (χ0n) is 11.1. The van der Waals surface area contributed by atoms with E-state index in [1.54, 1.807) is 13.8 Å². The first kappa shape index (κ1) is 16.4. The lowest BCUT2D eigenvalue weighted by atomic mass is 9.99. The van der Waals surface area contributed by atoms with Crippen molar-refractivity contribution in [1.29, 1.82) is 0 Å². The van der Waals surface area contributed by atoms with Gasteiger partial charge in [-0.05, 0) is 12.8 Å². The standard InChI is InChI=1S/C12H21NO5/c1-4-8(3)11(12(16)17)13-9(14)6-7-10(15)18-5-2/h8,11H,4-7H2,1-3H3,(H,13,14)(H,16,17)/t8-,11-/m0/s1. The second-order valence-electron chi connectivity index (χ2n) is 4.07. The summed E-state index contributed by atoms with van der Waals surface area (Å²) in [6.45, 7) is 5.56. The molecule has 0 aromatic heterocycles. The maximum Gasteiger partial charge on any atom is 0.326 e. The summed E-state index contributed by atoms with van der Waals surface area (Å²) in [5.41, 5.74) is 0. The molecule has 0 aromatic carbocycles. The molecule has 0 saturated carbocycles. The Balaban J connectivity index is 4.19. The number of carboxylic acids is 1. The van der Waals surface area contributed by atoms with Gasteiger partial charge in [0.25, 0.3) is 0 Å². The Kier molecular flexibility index (Phi) is 7.74. The number of carboxylic acid groups (broad SMARTS) is 1. The maximum atomic E-state index is 11.5. The van der Waals surface area contributed by atoms with E-state index in [0.29, 0.717) is 6.42 Å². The smallest absolute Gasteiger partial charge is 0.326 e. The second kappa shape index (κ2) is 8.49. The molecule has 0 aromatic rings. The quantitative estimate of drug-likeness (QED) is 0.633. The Morgan fingerprint density at radius 1 is 1.22 bits per heavy atom. The van der Waals surface area contributed by atoms with E-state index in [1.165, 1.54) is 0 Å². The summed E-state index contributed by atoms with van der Waals surface area (Å²) < 4.78 is 4.68. The lowest BCUT2D eigenvalue weighted by Crippen LogP contribution is -2.45. The average molecular weight is 259 g/mol. The zero-order chi connectivity index (χ0) is 14.1. The molecule has 1 amide bonds. The summed E-state index contributed by atoms with van der Waals surface area (Å²) in [4.78, 5) is 33.5. The van der Waals surface area contributed by atoms with Crippen LogP contribution in [-0.2, 0) is 19.1 Å². The van der Waals surface area contributed by atoms with Gasteiger partial charge in [0.15, 0.2) is 0 Å². The molecular formula is C12H21NO5. The third kappa shape index (κ3) is 6.22. The minimum atomic E-state index is -1.06. The Labute approximate surface area is 107 Å². The van der Waals surface area contributed by atoms with Crippen LogP contribution >= 0.6 is 0 Å². The summed E-state index contributed by atoms with van der Waals surface area (Å²) in [5.74, 6) is -2.12. The van der Waals surface area contributed by atoms with Crippen LogP contribution in [-0.4, -0.2) is 35.6 Å². The van der Waals surface area contributed by atoms with Crippen LogP contribution in [0.2, 0.25) is 0 Å². The molecule has 0 aliphatic rings. The third-order valence-corrected chi connectivity index (χ3v) is 2.66. The number of hydrogen-bond acceptors (Lipinski definition) is 4. The monoisotopic (exact) mass is 259 g/mol. The van der Waals surface area contributed by atoms with Gasteiger partial charge in [-0.3, -0.25) is 9.59 Å². The number of carbonyl (C=O) groups is 3. The Bertz CT molecular complexity index is 303. The van der Waals surface area contributed by atoms with Gasteiger partial charge in [-0.25, -0.2) is 4.79 Å². The molecule has 0 radical (unpaired) electrons. The van der Waals surface area contributed by atoms with E-state index in [0.717, 1.165) is 0 Å². The predicted octanol–water partition coefficient (Wildman–Crippen LogP) is 0.945. The number of amides is 1. The highest BCUT2D eigenvalue weighted by Gasteiger charge is 2.25. The van der Waals surface area contributed by atoms with Gasteiger partial charge in [0.05, 0.1) is 13.0 Å². The number of aliphatic carboxylic acids is 1. The molecule has 2 N–H and O–H groups in total. The summed E-state index contributed by atoms with van der Waals surface area (Å²) in [6.07, 6.45) is 0.556. The van der Waals surface area contributed by atoms with E-state index in [-0.39, 0.29) is 25.4 Å². The van der Waals surface area contributed by atoms with Gasteiger partial charge >= 0.3 is 11.9 Å². The van der Waals surface area contributed by atoms with Crippen LogP contribution < -0.4 is 5.32 Å². The van der Waals surface area contributed by atoms with Crippen molar-refractivity contribution in [3.05, 3.63) is 0 Å². The zero-order valence-corrected chi connectivity index (χ0v) is 11.1. The first-order chi connectivity index (χ1) is 8.42. The number of esters is 1. The van der Waals surface area contributed by atoms with Crippen molar-refractivity contribution < 1.29 is 24.2 Å². The van der Waals surface area contributed by atoms with E-state index in [9.17, 15) is 14.4 Å². The minimum Gasteiger partial charge on any atom is -0.480 e. The average Bonchev–Trinajstić information content (AvgIpc) is 2.32. The summed E-state index contributed by atoms with van der Waals surface area (Å²) in [5, 5.41) is 11.4. The van der Waals surface area contributed by atoms with Gasteiger partial charge in [0.1, 0.15) is 6.04 Å². The van der Waals surface area contributed by atoms with Crippen molar-refractivity contribution in [2.24, 2.45) is 5.92 Å². The van der Waals surface area contributed by atoms with Crippen LogP contribution in [0.1, 0.15) is 40.0 Å². The topological polar surface area (TPSA) is 92.7 Å². The molecule has 0 aliphatic carbocycles. The maximum absolute atomic E-state index is 11.5. The number of nitrogens with one attached hydrogen (secondary N) is 1. The Morgan fingerprint density at radius 2 is 1.83 bits per heavy atom. The van der Waals surface area contributed by atoms with Crippen molar-refractivity contribution in [2.45, 2.75) is 46.1 Å². The highest BCUT2D eigenvalue weighted by molar-refractivity contribution is 5.85. The normalized spacial score (nSPS) is 13.5. The molecule has 6 nitrogen and oxygen atoms in total. The lowest BCUT2D eigenvalue weighted by Gasteiger charge is -2.19. The van der Waals surface area contributed by atoms with Gasteiger partial charge in [-0.2, -0.15) is 0 Å². The first-order valence-electron chi connectivity index (χ1n) is 6.10. The molecule has 18 heavy (non-hydrogen) atoms. The van der Waals surface area contributed by atoms with E-state index in [2.05, 4.69) is 10.1 Å². The Morgan fingerprint density at radius 3 is 2.28 bits per heavy atom. The van der Waals surface area contributed by atoms with E-state index < -0.39 is 23.9 Å². The van der Waals surface area contributed by atoms with E-state index in [4.69, 9.17) is 5.11 Å². The molecule has 0 unspecified atom stereocenters. The molecular weight excluding hydrogens is 238 g/mol. The number of carbonyl (C=O) groups excluding carboxylic acids is 2. The highest BCUT2D eigenvalue weighted by Crippen LogP contribution is 2.08. The SMILES string of the molecule is CCOC(=O)CCC(=O)N[C@H](C(=O)O)[C@@H](C)CC. The van der Waals surface area contributed by atoms with E-state index in [1.807, 2.05) is 6.92 Å². The number of hydrogen-bond donors (Lipinski definition) is 2. The van der Waals surface area contributed by atoms with Crippen molar-refractivity contribution in [2.75, 3.05) is 6.61 Å². The molecule has 0 fully saturated rings.